The zero-order chi connectivity index (χ0) is 31.1. The van der Waals surface area contributed by atoms with Gasteiger partial charge in [0, 0.05) is 29.3 Å². The van der Waals surface area contributed by atoms with Gasteiger partial charge in [-0.05, 0) is 63.5 Å². The Bertz CT molecular complexity index is 1270. The molecule has 0 spiro atoms. The monoisotopic (exact) mass is 635 g/mol. The summed E-state index contributed by atoms with van der Waals surface area (Å²) in [5.74, 6) is 0.464. The van der Waals surface area contributed by atoms with Crippen LogP contribution in [-0.2, 0) is 18.7 Å². The van der Waals surface area contributed by atoms with Crippen LogP contribution in [0.3, 0.4) is 0 Å². The minimum Gasteiger partial charge on any atom is -0.414 e. The number of carbonyl (C=O) groups is 2. The maximum Gasteiger partial charge on any atom is 0.351 e. The Morgan fingerprint density at radius 3 is 2.45 bits per heavy atom. The van der Waals surface area contributed by atoms with Gasteiger partial charge in [0.1, 0.15) is 29.9 Å². The Kier molecular flexibility index (Phi) is 12.1. The maximum atomic E-state index is 13.0. The molecular weight excluding hydrogens is 591 g/mol. The average Bonchev–Trinajstić information content (AvgIpc) is 3.31. The lowest BCUT2D eigenvalue weighted by molar-refractivity contribution is -0.117. The molecule has 0 radical (unpaired) electrons. The number of carbonyl (C=O) groups excluding carboxylic acids is 2. The van der Waals surface area contributed by atoms with Gasteiger partial charge in [0.15, 0.2) is 8.32 Å². The number of hydrogen-bond acceptors (Lipinski definition) is 9. The summed E-state index contributed by atoms with van der Waals surface area (Å²) in [5, 5.41) is 2.72. The summed E-state index contributed by atoms with van der Waals surface area (Å²) in [6, 6.07) is 10.4. The van der Waals surface area contributed by atoms with Crippen LogP contribution >= 0.6 is 21.6 Å². The molecule has 2 heterocycles. The second kappa shape index (κ2) is 14.7. The van der Waals surface area contributed by atoms with E-state index in [1.54, 1.807) is 65.0 Å². The molecule has 1 aromatic heterocycles. The van der Waals surface area contributed by atoms with Gasteiger partial charge in [-0.25, -0.2) is 4.79 Å². The van der Waals surface area contributed by atoms with E-state index in [-0.39, 0.29) is 39.5 Å². The van der Waals surface area contributed by atoms with E-state index in [4.69, 9.17) is 13.9 Å². The van der Waals surface area contributed by atoms with E-state index in [9.17, 15) is 14.4 Å². The highest BCUT2D eigenvalue weighted by Crippen LogP contribution is 2.41. The molecule has 1 N–H and O–H groups in total. The van der Waals surface area contributed by atoms with Crippen LogP contribution in [0.4, 0.5) is 5.82 Å². The van der Waals surface area contributed by atoms with Crippen molar-refractivity contribution < 1.29 is 23.5 Å². The van der Waals surface area contributed by atoms with Crippen molar-refractivity contribution in [3.8, 4) is 0 Å². The van der Waals surface area contributed by atoms with Gasteiger partial charge >= 0.3 is 5.69 Å². The van der Waals surface area contributed by atoms with Gasteiger partial charge in [0.25, 0.3) is 5.91 Å². The molecule has 232 valence electrons. The molecule has 1 amide bonds. The largest absolute Gasteiger partial charge is 0.414 e. The van der Waals surface area contributed by atoms with Crippen molar-refractivity contribution >= 4 is 47.4 Å². The number of ketones is 1. The predicted molar refractivity (Wildman–Crippen MR) is 173 cm³/mol. The van der Waals surface area contributed by atoms with Gasteiger partial charge in [-0.1, -0.05) is 60.6 Å². The molecule has 0 bridgehead atoms. The number of ether oxygens (including phenoxy) is 2. The van der Waals surface area contributed by atoms with Gasteiger partial charge < -0.3 is 24.0 Å². The molecular formula is C30H45N3O6S2Si. The van der Waals surface area contributed by atoms with E-state index in [0.29, 0.717) is 31.0 Å². The van der Waals surface area contributed by atoms with Crippen LogP contribution in [-0.4, -0.2) is 59.1 Å². The Morgan fingerprint density at radius 2 is 1.83 bits per heavy atom. The summed E-state index contributed by atoms with van der Waals surface area (Å²) in [6.07, 6.45) is 2.20. The van der Waals surface area contributed by atoms with Crippen molar-refractivity contribution in [2.45, 2.75) is 102 Å². The minimum absolute atomic E-state index is 0.0418. The summed E-state index contributed by atoms with van der Waals surface area (Å²) in [6.45, 7) is 17.2. The number of rotatable bonds is 14. The van der Waals surface area contributed by atoms with Gasteiger partial charge in [-0.3, -0.25) is 9.36 Å². The number of Topliss-reactive ketones (excluding diaryl/α,β-unsaturated/α-hetero) is 1. The van der Waals surface area contributed by atoms with Gasteiger partial charge in [-0.15, -0.1) is 0 Å². The first kappa shape index (κ1) is 34.5. The number of aromatic nitrogens is 2. The first-order chi connectivity index (χ1) is 19.6. The second-order valence-electron chi connectivity index (χ2n) is 12.7. The third-order valence-electron chi connectivity index (χ3n) is 7.71. The van der Waals surface area contributed by atoms with Crippen molar-refractivity contribution in [2.75, 3.05) is 17.9 Å². The topological polar surface area (TPSA) is 109 Å². The molecule has 3 atom stereocenters. The summed E-state index contributed by atoms with van der Waals surface area (Å²) >= 11 is 0. The standard InChI is InChI=1S/C30H45N3O6S2Si/c1-21(34)14-16-30(5,6)41-40-20-37-23-18-26(39-24(23)19-38-42(7,8)29(2,3)4)33-17-15-25(32-28(33)36)31-27(35)22-12-10-9-11-13-22/h9-13,15,17,23-24,26H,14,16,18-20H2,1-8H3,(H,31,32,35,36)/t23-,24-,26-/m1/s1. The normalized spacial score (nSPS) is 19.6. The SMILES string of the molecule is CC(=O)CCC(C)(C)SSCO[C@@H]1C[C@H](n2ccc(NC(=O)c3ccccc3)nc2=O)O[C@@H]1CO[Si](C)(C)C(C)(C)C. The first-order valence-corrected chi connectivity index (χ1v) is 19.5. The number of hydrogen-bond donors (Lipinski definition) is 1. The molecule has 9 nitrogen and oxygen atoms in total. The number of amides is 1. The van der Waals surface area contributed by atoms with Crippen LogP contribution < -0.4 is 11.0 Å². The molecule has 1 fully saturated rings. The van der Waals surface area contributed by atoms with Crippen LogP contribution in [0.15, 0.2) is 47.4 Å². The summed E-state index contributed by atoms with van der Waals surface area (Å²) < 4.78 is 20.5. The van der Waals surface area contributed by atoms with Crippen molar-refractivity contribution in [2.24, 2.45) is 0 Å². The number of nitrogens with one attached hydrogen (secondary N) is 1. The third kappa shape index (κ3) is 10.1. The smallest absolute Gasteiger partial charge is 0.351 e. The molecule has 1 aromatic carbocycles. The molecule has 1 aliphatic rings. The highest BCUT2D eigenvalue weighted by molar-refractivity contribution is 8.77. The zero-order valence-electron chi connectivity index (χ0n) is 26.0. The number of nitrogens with zero attached hydrogens (tertiary/aromatic N) is 2. The maximum absolute atomic E-state index is 13.0. The molecule has 1 aliphatic heterocycles. The van der Waals surface area contributed by atoms with E-state index in [1.807, 2.05) is 6.07 Å². The van der Waals surface area contributed by atoms with Gasteiger partial charge in [-0.2, -0.15) is 4.98 Å². The fourth-order valence-electron chi connectivity index (χ4n) is 4.00. The first-order valence-electron chi connectivity index (χ1n) is 14.2. The molecule has 0 aliphatic carbocycles. The van der Waals surface area contributed by atoms with E-state index >= 15 is 0 Å². The highest BCUT2D eigenvalue weighted by atomic mass is 33.1. The van der Waals surface area contributed by atoms with E-state index in [1.165, 1.54) is 4.57 Å². The molecule has 12 heteroatoms. The molecule has 1 saturated heterocycles. The Balaban J connectivity index is 1.67. The van der Waals surface area contributed by atoms with Crippen LogP contribution in [0.5, 0.6) is 0 Å². The summed E-state index contributed by atoms with van der Waals surface area (Å²) in [4.78, 5) is 41.0. The van der Waals surface area contributed by atoms with Crippen LogP contribution in [0.25, 0.3) is 0 Å². The zero-order valence-corrected chi connectivity index (χ0v) is 28.6. The van der Waals surface area contributed by atoms with Crippen molar-refractivity contribution in [3.05, 3.63) is 58.6 Å². The van der Waals surface area contributed by atoms with Gasteiger partial charge in [0.2, 0.25) is 0 Å². The van der Waals surface area contributed by atoms with Gasteiger partial charge in [0.05, 0.1) is 12.7 Å². The van der Waals surface area contributed by atoms with E-state index < -0.39 is 20.2 Å². The fourth-order valence-corrected chi connectivity index (χ4v) is 7.32. The summed E-state index contributed by atoms with van der Waals surface area (Å²) in [5.41, 5.74) is -0.0434. The van der Waals surface area contributed by atoms with Crippen LogP contribution in [0, 0.1) is 0 Å². The molecule has 42 heavy (non-hydrogen) atoms. The second-order valence-corrected chi connectivity index (χ2v) is 20.5. The van der Waals surface area contributed by atoms with E-state index in [2.05, 4.69) is 58.0 Å². The molecule has 2 aromatic rings. The Hall–Kier alpha value is -1.96. The number of benzene rings is 1. The third-order valence-corrected chi connectivity index (χ3v) is 15.2. The lowest BCUT2D eigenvalue weighted by Gasteiger charge is -2.37. The lowest BCUT2D eigenvalue weighted by Crippen LogP contribution is -2.44. The lowest BCUT2D eigenvalue weighted by atomic mass is 10.1. The van der Waals surface area contributed by atoms with Crippen molar-refractivity contribution in [1.82, 2.24) is 9.55 Å². The minimum atomic E-state index is -2.04. The molecule has 0 unspecified atom stereocenters. The highest BCUT2D eigenvalue weighted by Gasteiger charge is 2.42. The number of anilines is 1. The fraction of sp³-hybridized carbons (Fsp3) is 0.600. The Labute approximate surface area is 258 Å². The average molecular weight is 636 g/mol. The quantitative estimate of drug-likeness (QED) is 0.105. The van der Waals surface area contributed by atoms with Crippen molar-refractivity contribution in [3.63, 3.8) is 0 Å². The van der Waals surface area contributed by atoms with Crippen LogP contribution in [0.1, 0.15) is 77.4 Å². The van der Waals surface area contributed by atoms with Crippen LogP contribution in [0.2, 0.25) is 18.1 Å². The predicted octanol–water partition coefficient (Wildman–Crippen LogP) is 6.68. The van der Waals surface area contributed by atoms with E-state index in [0.717, 1.165) is 6.42 Å². The summed E-state index contributed by atoms with van der Waals surface area (Å²) in [7, 11) is 1.27. The van der Waals surface area contributed by atoms with Crippen molar-refractivity contribution in [1.29, 1.82) is 0 Å². The molecule has 3 rings (SSSR count). The Morgan fingerprint density at radius 1 is 1.14 bits per heavy atom. The molecule has 0 saturated carbocycles.